The molecule has 1 heterocycles. The Hall–Kier alpha value is -2.04. The molecule has 3 amide bonds. The fourth-order valence-corrected chi connectivity index (χ4v) is 3.64. The van der Waals surface area contributed by atoms with Crippen LogP contribution in [-0.2, 0) is 11.2 Å². The van der Waals surface area contributed by atoms with Gasteiger partial charge in [0, 0.05) is 25.2 Å². The predicted molar refractivity (Wildman–Crippen MR) is 93.7 cm³/mol. The Bertz CT molecular complexity index is 547. The van der Waals surface area contributed by atoms with Gasteiger partial charge in [0.2, 0.25) is 5.91 Å². The van der Waals surface area contributed by atoms with E-state index in [1.165, 1.54) is 12.8 Å². The maximum absolute atomic E-state index is 12.4. The highest BCUT2D eigenvalue weighted by molar-refractivity contribution is 5.79. The van der Waals surface area contributed by atoms with E-state index < -0.39 is 0 Å². The molecule has 130 valence electrons. The van der Waals surface area contributed by atoms with E-state index in [-0.39, 0.29) is 18.0 Å². The van der Waals surface area contributed by atoms with Crippen LogP contribution in [0.4, 0.5) is 4.79 Å². The number of likely N-dealkylation sites (tertiary alicyclic amines) is 1. The summed E-state index contributed by atoms with van der Waals surface area (Å²) in [4.78, 5) is 26.3. The summed E-state index contributed by atoms with van der Waals surface area (Å²) < 4.78 is 0. The lowest BCUT2D eigenvalue weighted by Gasteiger charge is -2.32. The third kappa shape index (κ3) is 4.73. The zero-order chi connectivity index (χ0) is 16.8. The first kappa shape index (κ1) is 16.8. The van der Waals surface area contributed by atoms with Crippen molar-refractivity contribution in [2.45, 2.75) is 57.0 Å². The number of hydrogen-bond donors (Lipinski definition) is 2. The average molecular weight is 329 g/mol. The minimum atomic E-state index is -0.0454. The van der Waals surface area contributed by atoms with Crippen molar-refractivity contribution in [2.24, 2.45) is 0 Å². The van der Waals surface area contributed by atoms with Gasteiger partial charge >= 0.3 is 6.03 Å². The number of benzene rings is 1. The Kier molecular flexibility index (Phi) is 5.72. The zero-order valence-corrected chi connectivity index (χ0v) is 14.2. The molecular formula is C19H27N3O2. The summed E-state index contributed by atoms with van der Waals surface area (Å²) in [5.74, 6) is 0.176. The zero-order valence-electron chi connectivity index (χ0n) is 14.2. The third-order valence-electron chi connectivity index (χ3n) is 5.07. The number of urea groups is 1. The maximum atomic E-state index is 12.4. The quantitative estimate of drug-likeness (QED) is 0.891. The van der Waals surface area contributed by atoms with Crippen LogP contribution in [0.2, 0.25) is 0 Å². The van der Waals surface area contributed by atoms with E-state index in [1.807, 2.05) is 35.2 Å². The van der Waals surface area contributed by atoms with Gasteiger partial charge in [-0.2, -0.15) is 0 Å². The molecule has 5 nitrogen and oxygen atoms in total. The van der Waals surface area contributed by atoms with Crippen molar-refractivity contribution in [3.05, 3.63) is 35.9 Å². The SMILES string of the molecule is O=C(NC1CCCC1)NC1CCN(C(=O)Cc2ccccc2)CC1. The largest absolute Gasteiger partial charge is 0.342 e. The number of carbonyl (C=O) groups is 2. The van der Waals surface area contributed by atoms with Crippen molar-refractivity contribution in [1.29, 1.82) is 0 Å². The van der Waals surface area contributed by atoms with Gasteiger partial charge in [0.1, 0.15) is 0 Å². The molecule has 1 aromatic rings. The average Bonchev–Trinajstić information content (AvgIpc) is 3.09. The molecule has 3 rings (SSSR count). The monoisotopic (exact) mass is 329 g/mol. The number of hydrogen-bond acceptors (Lipinski definition) is 2. The van der Waals surface area contributed by atoms with Crippen LogP contribution in [0.15, 0.2) is 30.3 Å². The highest BCUT2D eigenvalue weighted by atomic mass is 16.2. The van der Waals surface area contributed by atoms with E-state index in [0.29, 0.717) is 12.5 Å². The Morgan fingerprint density at radius 3 is 2.12 bits per heavy atom. The number of nitrogens with zero attached hydrogens (tertiary/aromatic N) is 1. The van der Waals surface area contributed by atoms with Gasteiger partial charge < -0.3 is 15.5 Å². The molecule has 0 spiro atoms. The van der Waals surface area contributed by atoms with E-state index in [9.17, 15) is 9.59 Å². The summed E-state index contributed by atoms with van der Waals surface area (Å²) in [6.45, 7) is 1.44. The van der Waals surface area contributed by atoms with E-state index in [0.717, 1.165) is 44.3 Å². The van der Waals surface area contributed by atoms with Crippen LogP contribution in [0.5, 0.6) is 0 Å². The summed E-state index contributed by atoms with van der Waals surface area (Å²) in [6, 6.07) is 10.3. The second-order valence-electron chi connectivity index (χ2n) is 6.92. The van der Waals surface area contributed by atoms with Gasteiger partial charge in [0.05, 0.1) is 6.42 Å². The second-order valence-corrected chi connectivity index (χ2v) is 6.92. The Morgan fingerprint density at radius 2 is 1.50 bits per heavy atom. The molecule has 0 unspecified atom stereocenters. The molecule has 1 aliphatic carbocycles. The Balaban J connectivity index is 1.38. The lowest BCUT2D eigenvalue weighted by Crippen LogP contribution is -2.50. The Labute approximate surface area is 143 Å². The van der Waals surface area contributed by atoms with Crippen LogP contribution in [0.1, 0.15) is 44.1 Å². The maximum Gasteiger partial charge on any atom is 0.315 e. The normalized spacial score (nSPS) is 19.2. The first-order valence-electron chi connectivity index (χ1n) is 9.09. The minimum Gasteiger partial charge on any atom is -0.342 e. The number of nitrogens with one attached hydrogen (secondary N) is 2. The van der Waals surface area contributed by atoms with Crippen LogP contribution in [0, 0.1) is 0 Å². The van der Waals surface area contributed by atoms with Gasteiger partial charge in [-0.1, -0.05) is 43.2 Å². The topological polar surface area (TPSA) is 61.4 Å². The van der Waals surface area contributed by atoms with E-state index >= 15 is 0 Å². The molecule has 2 fully saturated rings. The molecule has 24 heavy (non-hydrogen) atoms. The first-order chi connectivity index (χ1) is 11.7. The fourth-order valence-electron chi connectivity index (χ4n) is 3.64. The number of piperidine rings is 1. The second kappa shape index (κ2) is 8.18. The summed E-state index contributed by atoms with van der Waals surface area (Å²) in [7, 11) is 0. The highest BCUT2D eigenvalue weighted by Gasteiger charge is 2.25. The minimum absolute atomic E-state index is 0.0454. The number of rotatable bonds is 4. The third-order valence-corrected chi connectivity index (χ3v) is 5.07. The van der Waals surface area contributed by atoms with E-state index in [4.69, 9.17) is 0 Å². The molecule has 1 saturated carbocycles. The molecule has 1 aliphatic heterocycles. The highest BCUT2D eigenvalue weighted by Crippen LogP contribution is 2.18. The number of amides is 3. The van der Waals surface area contributed by atoms with Gasteiger partial charge in [0.15, 0.2) is 0 Å². The van der Waals surface area contributed by atoms with Crippen molar-refractivity contribution in [1.82, 2.24) is 15.5 Å². The molecule has 2 N–H and O–H groups in total. The van der Waals surface area contributed by atoms with Gasteiger partial charge in [-0.25, -0.2) is 4.79 Å². The molecular weight excluding hydrogens is 302 g/mol. The van der Waals surface area contributed by atoms with Gasteiger partial charge in [-0.3, -0.25) is 4.79 Å². The van der Waals surface area contributed by atoms with Crippen LogP contribution >= 0.6 is 0 Å². The Morgan fingerprint density at radius 1 is 0.917 bits per heavy atom. The molecule has 0 atom stereocenters. The van der Waals surface area contributed by atoms with Gasteiger partial charge in [0.25, 0.3) is 0 Å². The van der Waals surface area contributed by atoms with Crippen LogP contribution in [0.3, 0.4) is 0 Å². The van der Waals surface area contributed by atoms with Crippen LogP contribution < -0.4 is 10.6 Å². The smallest absolute Gasteiger partial charge is 0.315 e. The first-order valence-corrected chi connectivity index (χ1v) is 9.09. The molecule has 1 saturated heterocycles. The molecule has 0 bridgehead atoms. The molecule has 0 radical (unpaired) electrons. The fraction of sp³-hybridized carbons (Fsp3) is 0.579. The standard InChI is InChI=1S/C19H27N3O2/c23-18(14-15-6-2-1-3-7-15)22-12-10-17(11-13-22)21-19(24)20-16-8-4-5-9-16/h1-3,6-7,16-17H,4-5,8-14H2,(H2,20,21,24). The van der Waals surface area contributed by atoms with Gasteiger partial charge in [-0.05, 0) is 31.2 Å². The summed E-state index contributed by atoms with van der Waals surface area (Å²) in [5.41, 5.74) is 1.05. The van der Waals surface area contributed by atoms with Gasteiger partial charge in [-0.15, -0.1) is 0 Å². The van der Waals surface area contributed by atoms with Crippen molar-refractivity contribution < 1.29 is 9.59 Å². The molecule has 0 aromatic heterocycles. The lowest BCUT2D eigenvalue weighted by atomic mass is 10.0. The van der Waals surface area contributed by atoms with Crippen molar-refractivity contribution in [3.8, 4) is 0 Å². The summed E-state index contributed by atoms with van der Waals surface area (Å²) in [5, 5.41) is 6.13. The van der Waals surface area contributed by atoms with Crippen molar-refractivity contribution >= 4 is 11.9 Å². The molecule has 2 aliphatic rings. The van der Waals surface area contributed by atoms with Crippen molar-refractivity contribution in [2.75, 3.05) is 13.1 Å². The predicted octanol–water partition coefficient (Wildman–Crippen LogP) is 2.46. The van der Waals surface area contributed by atoms with Crippen molar-refractivity contribution in [3.63, 3.8) is 0 Å². The lowest BCUT2D eigenvalue weighted by molar-refractivity contribution is -0.131. The van der Waals surface area contributed by atoms with E-state index in [1.54, 1.807) is 0 Å². The molecule has 1 aromatic carbocycles. The number of carbonyl (C=O) groups excluding carboxylic acids is 2. The summed E-state index contributed by atoms with van der Waals surface area (Å²) >= 11 is 0. The van der Waals surface area contributed by atoms with Crippen LogP contribution in [0.25, 0.3) is 0 Å². The summed E-state index contributed by atoms with van der Waals surface area (Å²) in [6.07, 6.45) is 6.75. The molecule has 5 heteroatoms. The van der Waals surface area contributed by atoms with E-state index in [2.05, 4.69) is 10.6 Å². The van der Waals surface area contributed by atoms with Crippen LogP contribution in [-0.4, -0.2) is 42.0 Å².